The predicted molar refractivity (Wildman–Crippen MR) is 191 cm³/mol. The molecule has 2 fully saturated rings. The summed E-state index contributed by atoms with van der Waals surface area (Å²) in [5, 5.41) is 13.6. The van der Waals surface area contributed by atoms with Crippen molar-refractivity contribution in [3.05, 3.63) is 103 Å². The van der Waals surface area contributed by atoms with Crippen molar-refractivity contribution in [1.82, 2.24) is 28.2 Å². The van der Waals surface area contributed by atoms with Gasteiger partial charge in [-0.2, -0.15) is 4.31 Å². The molecule has 5 N–H and O–H groups in total. The van der Waals surface area contributed by atoms with Gasteiger partial charge >= 0.3 is 0 Å². The van der Waals surface area contributed by atoms with Gasteiger partial charge in [-0.25, -0.2) is 33.2 Å². The third-order valence-electron chi connectivity index (χ3n) is 8.71. The zero-order chi connectivity index (χ0) is 37.2. The summed E-state index contributed by atoms with van der Waals surface area (Å²) in [4.78, 5) is 49.0. The normalized spacial score (nSPS) is 18.1. The van der Waals surface area contributed by atoms with Crippen LogP contribution in [0.15, 0.2) is 82.8 Å². The van der Waals surface area contributed by atoms with Crippen LogP contribution >= 0.6 is 0 Å². The van der Waals surface area contributed by atoms with Gasteiger partial charge in [-0.1, -0.05) is 0 Å². The molecule has 4 aliphatic rings. The molecule has 0 radical (unpaired) electrons. The maximum absolute atomic E-state index is 12.8. The van der Waals surface area contributed by atoms with E-state index in [4.69, 9.17) is 0 Å². The van der Waals surface area contributed by atoms with Crippen LogP contribution in [-0.4, -0.2) is 106 Å². The molecule has 2 aromatic carbocycles. The Bertz CT molecular complexity index is 2520. The van der Waals surface area contributed by atoms with E-state index < -0.39 is 47.8 Å². The molecule has 0 atom stereocenters. The number of aromatic nitrogens is 2. The smallest absolute Gasteiger partial charge is 0.273 e. The first-order valence-electron chi connectivity index (χ1n) is 15.6. The number of nitrogens with one attached hydrogen (secondary N) is 5. The molecule has 8 rings (SSSR count). The number of anilines is 2. The van der Waals surface area contributed by atoms with Gasteiger partial charge < -0.3 is 34.0 Å². The average Bonchev–Trinajstić information content (AvgIpc) is 3.73. The number of rotatable bonds is 5. The Morgan fingerprint density at radius 3 is 1.54 bits per heavy atom. The van der Waals surface area contributed by atoms with E-state index in [0.717, 1.165) is 14.2 Å². The molecule has 2 aromatic heterocycles. The van der Waals surface area contributed by atoms with Gasteiger partial charge in [0.2, 0.25) is 10.0 Å². The van der Waals surface area contributed by atoms with Crippen LogP contribution in [0.5, 0.6) is 0 Å². The molecule has 0 spiro atoms. The van der Waals surface area contributed by atoms with Crippen molar-refractivity contribution in [1.29, 1.82) is 0 Å². The predicted octanol–water partition coefficient (Wildman–Crippen LogP) is 0.105. The SMILES string of the molecule is CS(=O)(=O)N1CC(NC(=O)c2ccc3c(c2)NC(=O)c2cccn2S3(=O)=O)C1.O=C(NC1CNC1)c1ccc2c(c1)NC(=O)c1cccn1S2(=O)=O.[CH3-].[W]. The molecule has 286 valence electrons. The summed E-state index contributed by atoms with van der Waals surface area (Å²) < 4.78 is 76.8. The van der Waals surface area contributed by atoms with E-state index in [2.05, 4.69) is 26.6 Å². The first kappa shape index (κ1) is 40.5. The number of sulfonamides is 1. The maximum atomic E-state index is 12.8. The van der Waals surface area contributed by atoms with Crippen LogP contribution in [0.2, 0.25) is 0 Å². The standard InChI is InChI=1S/C16H16N4O6S2.C15H14N4O4S.CH3.W/c1-27(23,24)19-8-11(9-19)17-15(21)10-4-5-14-12(7-10)18-16(22)13-3-2-6-20(13)28(14,25)26;20-14(17-10-7-16-8-10)9-3-4-13-11(6-9)18-15(21)12-2-1-5-19(12)24(13,22)23;;/h2-7,11H,8-9H2,1H3,(H,17,21)(H,18,22);1-6,10,16H,7-8H2,(H,17,20)(H,18,21);1H3;/q;;-1;. The summed E-state index contributed by atoms with van der Waals surface area (Å²) in [6, 6.07) is 13.6. The fraction of sp³-hybridized carbons (Fsp3) is 0.219. The van der Waals surface area contributed by atoms with Gasteiger partial charge in [-0.05, 0) is 60.7 Å². The Hall–Kier alpha value is -4.66. The van der Waals surface area contributed by atoms with E-state index in [9.17, 15) is 44.4 Å². The fourth-order valence-electron chi connectivity index (χ4n) is 5.80. The molecule has 22 heteroatoms. The Morgan fingerprint density at radius 2 is 1.15 bits per heavy atom. The van der Waals surface area contributed by atoms with Crippen LogP contribution in [0.1, 0.15) is 41.7 Å². The van der Waals surface area contributed by atoms with Crippen LogP contribution in [-0.2, 0) is 51.1 Å². The van der Waals surface area contributed by atoms with Crippen molar-refractivity contribution >= 4 is 65.1 Å². The molecule has 0 saturated carbocycles. The van der Waals surface area contributed by atoms with Crippen molar-refractivity contribution < 1.29 is 65.5 Å². The molecule has 4 aromatic rings. The van der Waals surface area contributed by atoms with Crippen molar-refractivity contribution in [2.24, 2.45) is 0 Å². The Kier molecular flexibility index (Phi) is 11.2. The summed E-state index contributed by atoms with van der Waals surface area (Å²) in [5.74, 6) is -1.94. The molecular formula is C32H33N8O10S3W-. The summed E-state index contributed by atoms with van der Waals surface area (Å²) in [6.45, 7) is 1.76. The molecule has 4 amide bonds. The van der Waals surface area contributed by atoms with E-state index in [1.165, 1.54) is 77.4 Å². The Labute approximate surface area is 325 Å². The number of carbonyl (C=O) groups excluding carboxylic acids is 4. The zero-order valence-corrected chi connectivity index (χ0v) is 33.9. The van der Waals surface area contributed by atoms with Crippen LogP contribution in [0.3, 0.4) is 0 Å². The summed E-state index contributed by atoms with van der Waals surface area (Å²) in [7, 11) is -11.2. The quantitative estimate of drug-likeness (QED) is 0.168. The molecule has 18 nitrogen and oxygen atoms in total. The summed E-state index contributed by atoms with van der Waals surface area (Å²) in [6.07, 6.45) is 3.70. The average molecular weight is 970 g/mol. The number of fused-ring (bicyclic) bond motifs is 4. The van der Waals surface area contributed by atoms with Crippen LogP contribution in [0.4, 0.5) is 11.4 Å². The third kappa shape index (κ3) is 7.38. The van der Waals surface area contributed by atoms with Crippen LogP contribution < -0.4 is 26.6 Å². The van der Waals surface area contributed by atoms with E-state index in [0.29, 0.717) is 18.7 Å². The molecule has 0 aliphatic carbocycles. The molecule has 2 saturated heterocycles. The van der Waals surface area contributed by atoms with E-state index in [1.807, 2.05) is 0 Å². The van der Waals surface area contributed by atoms with E-state index in [-0.39, 0.29) is 97.7 Å². The van der Waals surface area contributed by atoms with Crippen LogP contribution in [0.25, 0.3) is 0 Å². The maximum Gasteiger partial charge on any atom is 0.273 e. The number of hydrogen-bond acceptors (Lipinski definition) is 11. The van der Waals surface area contributed by atoms with E-state index >= 15 is 0 Å². The number of nitrogens with zero attached hydrogens (tertiary/aromatic N) is 3. The number of amides is 4. The second-order valence-corrected chi connectivity index (χ2v) is 17.8. The molecule has 54 heavy (non-hydrogen) atoms. The monoisotopic (exact) mass is 969 g/mol. The third-order valence-corrected chi connectivity index (χ3v) is 13.4. The first-order valence-corrected chi connectivity index (χ1v) is 20.3. The second-order valence-electron chi connectivity index (χ2n) is 12.3. The van der Waals surface area contributed by atoms with Gasteiger partial charge in [0.25, 0.3) is 43.7 Å². The number of benzene rings is 2. The molecule has 4 aliphatic heterocycles. The minimum atomic E-state index is -3.98. The van der Waals surface area contributed by atoms with Gasteiger partial charge in [0, 0.05) is 70.8 Å². The molecule has 6 heterocycles. The topological polar surface area (TPSA) is 244 Å². The van der Waals surface area contributed by atoms with Crippen molar-refractivity contribution in [3.8, 4) is 0 Å². The van der Waals surface area contributed by atoms with E-state index in [1.54, 1.807) is 0 Å². The van der Waals surface area contributed by atoms with Gasteiger partial charge in [0.1, 0.15) is 21.2 Å². The fourth-order valence-corrected chi connectivity index (χ4v) is 9.65. The minimum Gasteiger partial charge on any atom is -0.358 e. The van der Waals surface area contributed by atoms with Crippen LogP contribution in [0, 0.1) is 7.43 Å². The Balaban J connectivity index is 0.000000202. The minimum absolute atomic E-state index is 0. The van der Waals surface area contributed by atoms with Gasteiger partial charge in [-0.3, -0.25) is 19.2 Å². The largest absolute Gasteiger partial charge is 0.358 e. The molecule has 0 bridgehead atoms. The number of carbonyl (C=O) groups is 4. The van der Waals surface area contributed by atoms with Crippen molar-refractivity contribution in [3.63, 3.8) is 0 Å². The van der Waals surface area contributed by atoms with Crippen molar-refractivity contribution in [2.75, 3.05) is 43.1 Å². The summed E-state index contributed by atoms with van der Waals surface area (Å²) in [5.41, 5.74) is 0.549. The molecular weight excluding hydrogens is 936 g/mol. The first-order chi connectivity index (χ1) is 24.5. The van der Waals surface area contributed by atoms with Gasteiger partial charge in [0.15, 0.2) is 0 Å². The summed E-state index contributed by atoms with van der Waals surface area (Å²) >= 11 is 0. The zero-order valence-electron chi connectivity index (χ0n) is 28.5. The molecule has 0 unspecified atom stereocenters. The van der Waals surface area contributed by atoms with Crippen molar-refractivity contribution in [2.45, 2.75) is 21.9 Å². The number of hydrogen-bond donors (Lipinski definition) is 5. The van der Waals surface area contributed by atoms with Gasteiger partial charge in [0.05, 0.1) is 29.7 Å². The second kappa shape index (κ2) is 14.9. The Morgan fingerprint density at radius 1 is 0.722 bits per heavy atom. The van der Waals surface area contributed by atoms with Gasteiger partial charge in [-0.15, -0.1) is 0 Å².